The third-order valence-electron chi connectivity index (χ3n) is 2.86. The van der Waals surface area contributed by atoms with E-state index in [9.17, 15) is 0 Å². The molecule has 12 heavy (non-hydrogen) atoms. The molecule has 1 aromatic rings. The molecule has 1 aliphatic rings. The second-order valence-electron chi connectivity index (χ2n) is 3.61. The summed E-state index contributed by atoms with van der Waals surface area (Å²) in [5.41, 5.74) is 2.94. The van der Waals surface area contributed by atoms with Crippen molar-refractivity contribution in [3.05, 3.63) is 22.6 Å². The Bertz CT molecular complexity index is 283. The van der Waals surface area contributed by atoms with Crippen LogP contribution in [-0.4, -0.2) is 0 Å². The highest BCUT2D eigenvalue weighted by Gasteiger charge is 2.18. The number of hydrogen-bond acceptors (Lipinski definition) is 1. The molecule has 0 aliphatic heterocycles. The Kier molecular flexibility index (Phi) is 1.95. The fourth-order valence-electron chi connectivity index (χ4n) is 2.12. The summed E-state index contributed by atoms with van der Waals surface area (Å²) < 4.78 is 5.79. The quantitative estimate of drug-likeness (QED) is 0.621. The molecule has 1 nitrogen and oxygen atoms in total. The summed E-state index contributed by atoms with van der Waals surface area (Å²) in [6, 6.07) is 0. The van der Waals surface area contributed by atoms with E-state index in [2.05, 4.69) is 13.8 Å². The van der Waals surface area contributed by atoms with Crippen LogP contribution < -0.4 is 0 Å². The van der Waals surface area contributed by atoms with Gasteiger partial charge in [0.1, 0.15) is 11.5 Å². The van der Waals surface area contributed by atoms with Gasteiger partial charge in [-0.1, -0.05) is 6.92 Å². The van der Waals surface area contributed by atoms with Crippen LogP contribution in [0.3, 0.4) is 0 Å². The van der Waals surface area contributed by atoms with E-state index >= 15 is 0 Å². The molecule has 1 heteroatoms. The molecule has 1 aromatic heterocycles. The normalized spacial score (nSPS) is 16.2. The minimum atomic E-state index is 1.04. The van der Waals surface area contributed by atoms with Crippen LogP contribution in [0.1, 0.15) is 42.4 Å². The monoisotopic (exact) mass is 164 g/mol. The average molecular weight is 164 g/mol. The van der Waals surface area contributed by atoms with Crippen molar-refractivity contribution in [3.63, 3.8) is 0 Å². The van der Waals surface area contributed by atoms with Crippen LogP contribution in [0.2, 0.25) is 0 Å². The predicted octanol–water partition coefficient (Wildman–Crippen LogP) is 3.03. The molecule has 2 rings (SSSR count). The second-order valence-corrected chi connectivity index (χ2v) is 3.61. The highest BCUT2D eigenvalue weighted by Crippen LogP contribution is 2.29. The maximum absolute atomic E-state index is 5.79. The molecule has 0 saturated heterocycles. The van der Waals surface area contributed by atoms with Gasteiger partial charge in [-0.15, -0.1) is 0 Å². The van der Waals surface area contributed by atoms with Crippen LogP contribution in [0, 0.1) is 6.92 Å². The van der Waals surface area contributed by atoms with E-state index < -0.39 is 0 Å². The Morgan fingerprint density at radius 3 is 2.67 bits per heavy atom. The first-order valence-electron chi connectivity index (χ1n) is 4.93. The molecule has 0 fully saturated rings. The Morgan fingerprint density at radius 1 is 1.25 bits per heavy atom. The van der Waals surface area contributed by atoms with Crippen molar-refractivity contribution in [2.24, 2.45) is 0 Å². The van der Waals surface area contributed by atoms with Crippen molar-refractivity contribution in [2.45, 2.75) is 46.0 Å². The highest BCUT2D eigenvalue weighted by atomic mass is 16.3. The van der Waals surface area contributed by atoms with Crippen LogP contribution >= 0.6 is 0 Å². The number of furan rings is 1. The summed E-state index contributed by atoms with van der Waals surface area (Å²) in [5.74, 6) is 2.48. The van der Waals surface area contributed by atoms with Gasteiger partial charge in [0.15, 0.2) is 0 Å². The van der Waals surface area contributed by atoms with Crippen molar-refractivity contribution in [3.8, 4) is 0 Å². The largest absolute Gasteiger partial charge is 0.466 e. The molecule has 0 aromatic carbocycles. The standard InChI is InChI=1S/C11H16O/c1-3-10-8(2)9-6-4-5-7-11(9)12-10/h3-7H2,1-2H3. The minimum Gasteiger partial charge on any atom is -0.466 e. The summed E-state index contributed by atoms with van der Waals surface area (Å²) in [4.78, 5) is 0. The van der Waals surface area contributed by atoms with E-state index in [4.69, 9.17) is 4.42 Å². The summed E-state index contributed by atoms with van der Waals surface area (Å²) in [7, 11) is 0. The van der Waals surface area contributed by atoms with Gasteiger partial charge in [0.05, 0.1) is 0 Å². The van der Waals surface area contributed by atoms with E-state index in [1.165, 1.54) is 41.9 Å². The van der Waals surface area contributed by atoms with E-state index in [1.807, 2.05) is 0 Å². The Balaban J connectivity index is 2.44. The fraction of sp³-hybridized carbons (Fsp3) is 0.636. The topological polar surface area (TPSA) is 13.1 Å². The molecule has 0 unspecified atom stereocenters. The van der Waals surface area contributed by atoms with Gasteiger partial charge in [0.25, 0.3) is 0 Å². The first-order chi connectivity index (χ1) is 5.83. The average Bonchev–Trinajstić information content (AvgIpc) is 2.44. The number of aryl methyl sites for hydroxylation is 2. The van der Waals surface area contributed by atoms with Crippen molar-refractivity contribution in [1.29, 1.82) is 0 Å². The summed E-state index contributed by atoms with van der Waals surface area (Å²) in [6.07, 6.45) is 6.10. The van der Waals surface area contributed by atoms with E-state index in [0.717, 1.165) is 12.8 Å². The molecule has 0 spiro atoms. The number of hydrogen-bond donors (Lipinski definition) is 0. The molecule has 1 heterocycles. The fourth-order valence-corrected chi connectivity index (χ4v) is 2.12. The van der Waals surface area contributed by atoms with E-state index in [-0.39, 0.29) is 0 Å². The highest BCUT2D eigenvalue weighted by molar-refractivity contribution is 5.34. The summed E-state index contributed by atoms with van der Waals surface area (Å²) in [6.45, 7) is 4.36. The molecular weight excluding hydrogens is 148 g/mol. The third kappa shape index (κ3) is 1.08. The van der Waals surface area contributed by atoms with Crippen LogP contribution in [0.15, 0.2) is 4.42 Å². The summed E-state index contributed by atoms with van der Waals surface area (Å²) >= 11 is 0. The van der Waals surface area contributed by atoms with Crippen LogP contribution in [0.5, 0.6) is 0 Å². The predicted molar refractivity (Wildman–Crippen MR) is 49.5 cm³/mol. The smallest absolute Gasteiger partial charge is 0.107 e. The first kappa shape index (κ1) is 7.90. The van der Waals surface area contributed by atoms with Gasteiger partial charge in [0.2, 0.25) is 0 Å². The van der Waals surface area contributed by atoms with Crippen molar-refractivity contribution >= 4 is 0 Å². The van der Waals surface area contributed by atoms with Gasteiger partial charge in [-0.2, -0.15) is 0 Å². The molecule has 1 aliphatic carbocycles. The van der Waals surface area contributed by atoms with Crippen molar-refractivity contribution in [1.82, 2.24) is 0 Å². The molecular formula is C11H16O. The molecule has 0 saturated carbocycles. The number of fused-ring (bicyclic) bond motifs is 1. The van der Waals surface area contributed by atoms with Crippen LogP contribution in [0.4, 0.5) is 0 Å². The lowest BCUT2D eigenvalue weighted by Gasteiger charge is -2.08. The number of rotatable bonds is 1. The van der Waals surface area contributed by atoms with Crippen molar-refractivity contribution in [2.75, 3.05) is 0 Å². The molecule has 0 N–H and O–H groups in total. The Morgan fingerprint density at radius 2 is 2.00 bits per heavy atom. The lowest BCUT2D eigenvalue weighted by atomic mass is 9.95. The lowest BCUT2D eigenvalue weighted by molar-refractivity contribution is 0.446. The van der Waals surface area contributed by atoms with Gasteiger partial charge < -0.3 is 4.42 Å². The molecule has 0 radical (unpaired) electrons. The molecule has 0 bridgehead atoms. The zero-order valence-corrected chi connectivity index (χ0v) is 7.94. The molecule has 0 atom stereocenters. The first-order valence-corrected chi connectivity index (χ1v) is 4.93. The van der Waals surface area contributed by atoms with Gasteiger partial charge in [-0.3, -0.25) is 0 Å². The van der Waals surface area contributed by atoms with Crippen LogP contribution in [-0.2, 0) is 19.3 Å². The SMILES string of the molecule is CCc1oc2c(c1C)CCCC2. The maximum atomic E-state index is 5.79. The van der Waals surface area contributed by atoms with Gasteiger partial charge in [-0.05, 0) is 37.3 Å². The molecule has 0 amide bonds. The van der Waals surface area contributed by atoms with Crippen LogP contribution in [0.25, 0.3) is 0 Å². The van der Waals surface area contributed by atoms with E-state index in [1.54, 1.807) is 0 Å². The Hall–Kier alpha value is -0.720. The summed E-state index contributed by atoms with van der Waals surface area (Å²) in [5, 5.41) is 0. The molecule has 66 valence electrons. The third-order valence-corrected chi connectivity index (χ3v) is 2.86. The zero-order valence-electron chi connectivity index (χ0n) is 7.94. The maximum Gasteiger partial charge on any atom is 0.107 e. The minimum absolute atomic E-state index is 1.04. The van der Waals surface area contributed by atoms with Crippen molar-refractivity contribution < 1.29 is 4.42 Å². The van der Waals surface area contributed by atoms with Gasteiger partial charge in [0, 0.05) is 12.8 Å². The van der Waals surface area contributed by atoms with Gasteiger partial charge >= 0.3 is 0 Å². The lowest BCUT2D eigenvalue weighted by Crippen LogP contribution is -1.99. The van der Waals surface area contributed by atoms with Gasteiger partial charge in [-0.25, -0.2) is 0 Å². The zero-order chi connectivity index (χ0) is 8.55. The Labute approximate surface area is 73.8 Å². The second kappa shape index (κ2) is 2.96. The van der Waals surface area contributed by atoms with E-state index in [0.29, 0.717) is 0 Å².